The quantitative estimate of drug-likeness (QED) is 0.546. The maximum Gasteiger partial charge on any atom is 0.230 e. The fraction of sp³-hybridized carbons (Fsp3) is 0.556. The molecule has 3 aromatic heterocycles. The summed E-state index contributed by atoms with van der Waals surface area (Å²) in [6.45, 7) is 9.12. The Morgan fingerprint density at radius 1 is 1.22 bits per heavy atom. The molecule has 7 rings (SSSR count). The van der Waals surface area contributed by atoms with E-state index in [1.165, 1.54) is 22.0 Å². The lowest BCUT2D eigenvalue weighted by molar-refractivity contribution is -0.141. The van der Waals surface area contributed by atoms with E-state index in [0.29, 0.717) is 36.2 Å². The molecule has 1 amide bonds. The first-order chi connectivity index (χ1) is 17.9. The molecule has 3 aliphatic heterocycles. The SMILES string of the molecule is C[C@@H]1CN(c2ccc(C#N)n3ncc(F)c23)Cc2c3c(nn21)CN(CC1(C(=O)N2CCC2)CC1)[C@@H](C)C3. The first kappa shape index (κ1) is 22.7. The number of hydrogen-bond donors (Lipinski definition) is 0. The van der Waals surface area contributed by atoms with Crippen LogP contribution in [0, 0.1) is 22.6 Å². The number of nitriles is 1. The molecule has 0 N–H and O–H groups in total. The fourth-order valence-electron chi connectivity index (χ4n) is 6.48. The lowest BCUT2D eigenvalue weighted by Gasteiger charge is -2.39. The van der Waals surface area contributed by atoms with Crippen LogP contribution in [0.1, 0.15) is 61.8 Å². The molecular weight excluding hydrogens is 471 g/mol. The zero-order valence-electron chi connectivity index (χ0n) is 21.3. The van der Waals surface area contributed by atoms with Crippen molar-refractivity contribution in [2.75, 3.05) is 31.1 Å². The Bertz CT molecular complexity index is 1460. The highest BCUT2D eigenvalue weighted by Crippen LogP contribution is 2.49. The number of nitrogens with zero attached hydrogens (tertiary/aromatic N) is 8. The van der Waals surface area contributed by atoms with E-state index in [2.05, 4.69) is 39.5 Å². The van der Waals surface area contributed by atoms with Crippen LogP contribution >= 0.6 is 0 Å². The summed E-state index contributed by atoms with van der Waals surface area (Å²) >= 11 is 0. The van der Waals surface area contributed by atoms with Crippen LogP contribution in [0.2, 0.25) is 0 Å². The molecule has 4 aliphatic rings. The highest BCUT2D eigenvalue weighted by atomic mass is 19.1. The van der Waals surface area contributed by atoms with Gasteiger partial charge in [0, 0.05) is 44.3 Å². The molecule has 0 radical (unpaired) electrons. The number of fused-ring (bicyclic) bond motifs is 4. The normalized spacial score (nSPS) is 24.4. The number of hydrogen-bond acceptors (Lipinski definition) is 6. The van der Waals surface area contributed by atoms with Gasteiger partial charge in [0.05, 0.1) is 41.3 Å². The molecule has 0 bridgehead atoms. The molecule has 1 aliphatic carbocycles. The Labute approximate surface area is 215 Å². The van der Waals surface area contributed by atoms with Crippen LogP contribution in [0.5, 0.6) is 0 Å². The number of anilines is 1. The summed E-state index contributed by atoms with van der Waals surface area (Å²) < 4.78 is 18.3. The Morgan fingerprint density at radius 3 is 2.73 bits per heavy atom. The van der Waals surface area contributed by atoms with Crippen molar-refractivity contribution in [1.29, 1.82) is 5.26 Å². The van der Waals surface area contributed by atoms with Crippen molar-refractivity contribution in [3.05, 3.63) is 46.8 Å². The van der Waals surface area contributed by atoms with E-state index in [4.69, 9.17) is 5.10 Å². The molecule has 6 heterocycles. The van der Waals surface area contributed by atoms with Crippen LogP contribution < -0.4 is 4.90 Å². The molecule has 3 aromatic rings. The third kappa shape index (κ3) is 3.40. The van der Waals surface area contributed by atoms with Gasteiger partial charge in [0.1, 0.15) is 17.3 Å². The summed E-state index contributed by atoms with van der Waals surface area (Å²) in [5.41, 5.74) is 4.78. The molecule has 10 heteroatoms. The third-order valence-corrected chi connectivity index (χ3v) is 8.93. The molecule has 2 atom stereocenters. The molecule has 9 nitrogen and oxygen atoms in total. The van der Waals surface area contributed by atoms with Crippen LogP contribution in [0.25, 0.3) is 5.52 Å². The number of aromatic nitrogens is 4. The summed E-state index contributed by atoms with van der Waals surface area (Å²) in [6.07, 6.45) is 5.18. The monoisotopic (exact) mass is 502 g/mol. The van der Waals surface area contributed by atoms with Gasteiger partial charge in [-0.1, -0.05) is 0 Å². The second-order valence-electron chi connectivity index (χ2n) is 11.4. The summed E-state index contributed by atoms with van der Waals surface area (Å²) in [6, 6.07) is 6.07. The van der Waals surface area contributed by atoms with Crippen molar-refractivity contribution in [2.24, 2.45) is 5.41 Å². The van der Waals surface area contributed by atoms with Gasteiger partial charge in [-0.05, 0) is 51.7 Å². The molecule has 1 saturated heterocycles. The summed E-state index contributed by atoms with van der Waals surface area (Å²) in [5.74, 6) is -0.0714. The maximum absolute atomic E-state index is 14.8. The fourth-order valence-corrected chi connectivity index (χ4v) is 6.48. The van der Waals surface area contributed by atoms with Crippen LogP contribution in [0.15, 0.2) is 18.3 Å². The van der Waals surface area contributed by atoms with Gasteiger partial charge in [0.25, 0.3) is 0 Å². The van der Waals surface area contributed by atoms with E-state index < -0.39 is 5.82 Å². The first-order valence-corrected chi connectivity index (χ1v) is 13.3. The molecule has 0 spiro atoms. The summed E-state index contributed by atoms with van der Waals surface area (Å²) in [5, 5.41) is 18.6. The smallest absolute Gasteiger partial charge is 0.230 e. The Balaban J connectivity index is 1.17. The van der Waals surface area contributed by atoms with E-state index >= 15 is 0 Å². The lowest BCUT2D eigenvalue weighted by atomic mass is 9.94. The van der Waals surface area contributed by atoms with Gasteiger partial charge < -0.3 is 9.80 Å². The van der Waals surface area contributed by atoms with Crippen LogP contribution in [0.3, 0.4) is 0 Å². The van der Waals surface area contributed by atoms with Crippen molar-refractivity contribution in [3.63, 3.8) is 0 Å². The Hall–Kier alpha value is -3.45. The van der Waals surface area contributed by atoms with Gasteiger partial charge >= 0.3 is 0 Å². The largest absolute Gasteiger partial charge is 0.362 e. The van der Waals surface area contributed by atoms with Crippen molar-refractivity contribution < 1.29 is 9.18 Å². The number of likely N-dealkylation sites (tertiary alicyclic amines) is 1. The van der Waals surface area contributed by atoms with Gasteiger partial charge in [-0.3, -0.25) is 14.4 Å². The molecule has 1 saturated carbocycles. The predicted molar refractivity (Wildman–Crippen MR) is 134 cm³/mol. The van der Waals surface area contributed by atoms with E-state index in [1.807, 2.05) is 11.0 Å². The van der Waals surface area contributed by atoms with Gasteiger partial charge in [0.15, 0.2) is 5.82 Å². The standard InChI is InChI=1S/C27H31FN8O/c1-17-10-20-22(14-34(17)16-27(6-7-27)26(37)32-8-3-9-32)31-35-18(2)13-33(15-24(20)35)23-5-4-19(11-29)36-25(23)21(28)12-30-36/h4-5,12,17-18H,3,6-10,13-16H2,1-2H3/t17-,18+/m0/s1. The van der Waals surface area contributed by atoms with Crippen molar-refractivity contribution >= 4 is 17.1 Å². The van der Waals surface area contributed by atoms with Gasteiger partial charge in [-0.25, -0.2) is 8.91 Å². The van der Waals surface area contributed by atoms with Crippen LogP contribution in [0.4, 0.5) is 10.1 Å². The molecular formula is C27H31FN8O. The van der Waals surface area contributed by atoms with Crippen molar-refractivity contribution in [3.8, 4) is 6.07 Å². The number of halogens is 1. The number of carbonyl (C=O) groups excluding carboxylic acids is 1. The van der Waals surface area contributed by atoms with Crippen molar-refractivity contribution in [2.45, 2.75) is 64.7 Å². The number of amides is 1. The second kappa shape index (κ2) is 8.02. The lowest BCUT2D eigenvalue weighted by Crippen LogP contribution is -2.50. The molecule has 0 aromatic carbocycles. The van der Waals surface area contributed by atoms with Crippen LogP contribution in [-0.4, -0.2) is 67.3 Å². The minimum absolute atomic E-state index is 0.113. The molecule has 37 heavy (non-hydrogen) atoms. The van der Waals surface area contributed by atoms with E-state index in [1.54, 1.807) is 6.07 Å². The zero-order valence-corrected chi connectivity index (χ0v) is 21.3. The minimum atomic E-state index is -0.424. The number of pyridine rings is 1. The van der Waals surface area contributed by atoms with E-state index in [0.717, 1.165) is 63.2 Å². The topological polar surface area (TPSA) is 85.7 Å². The Morgan fingerprint density at radius 2 is 2.03 bits per heavy atom. The molecule has 192 valence electrons. The number of carbonyl (C=O) groups is 1. The minimum Gasteiger partial charge on any atom is -0.362 e. The number of rotatable bonds is 4. The first-order valence-electron chi connectivity index (χ1n) is 13.3. The van der Waals surface area contributed by atoms with Gasteiger partial charge in [-0.15, -0.1) is 0 Å². The zero-order chi connectivity index (χ0) is 25.5. The highest BCUT2D eigenvalue weighted by molar-refractivity contribution is 5.86. The van der Waals surface area contributed by atoms with Crippen molar-refractivity contribution in [1.82, 2.24) is 29.2 Å². The maximum atomic E-state index is 14.8. The van der Waals surface area contributed by atoms with E-state index in [9.17, 15) is 14.4 Å². The molecule has 0 unspecified atom stereocenters. The third-order valence-electron chi connectivity index (χ3n) is 8.93. The average Bonchev–Trinajstić information content (AvgIpc) is 3.41. The highest BCUT2D eigenvalue weighted by Gasteiger charge is 2.54. The van der Waals surface area contributed by atoms with Gasteiger partial charge in [0.2, 0.25) is 5.91 Å². The predicted octanol–water partition coefficient (Wildman–Crippen LogP) is 2.88. The average molecular weight is 503 g/mol. The van der Waals surface area contributed by atoms with Gasteiger partial charge in [-0.2, -0.15) is 15.5 Å². The van der Waals surface area contributed by atoms with Crippen LogP contribution in [-0.2, 0) is 24.3 Å². The summed E-state index contributed by atoms with van der Waals surface area (Å²) in [4.78, 5) is 19.7. The van der Waals surface area contributed by atoms with E-state index in [-0.39, 0.29) is 11.5 Å². The Kier molecular flexibility index (Phi) is 4.93. The molecule has 2 fully saturated rings. The summed E-state index contributed by atoms with van der Waals surface area (Å²) in [7, 11) is 0. The second-order valence-corrected chi connectivity index (χ2v) is 11.4.